The summed E-state index contributed by atoms with van der Waals surface area (Å²) < 4.78 is 1.71. The van der Waals surface area contributed by atoms with Crippen LogP contribution in [0.2, 0.25) is 5.15 Å². The van der Waals surface area contributed by atoms with Crippen molar-refractivity contribution in [3.8, 4) is 11.4 Å². The first-order valence-corrected chi connectivity index (χ1v) is 8.31. The summed E-state index contributed by atoms with van der Waals surface area (Å²) in [4.78, 5) is 9.07. The molecule has 25 heavy (non-hydrogen) atoms. The van der Waals surface area contributed by atoms with Crippen molar-refractivity contribution in [3.05, 3.63) is 71.1 Å². The quantitative estimate of drug-likeness (QED) is 0.539. The summed E-state index contributed by atoms with van der Waals surface area (Å²) in [5.74, 6) is 1.32. The van der Waals surface area contributed by atoms with Gasteiger partial charge in [-0.25, -0.2) is 9.97 Å². The lowest BCUT2D eigenvalue weighted by molar-refractivity contribution is 0.868. The Bertz CT molecular complexity index is 1040. The van der Waals surface area contributed by atoms with Crippen molar-refractivity contribution < 1.29 is 0 Å². The molecule has 0 aliphatic heterocycles. The van der Waals surface area contributed by atoms with E-state index in [4.69, 9.17) is 11.6 Å². The van der Waals surface area contributed by atoms with Gasteiger partial charge in [0.2, 0.25) is 0 Å². The number of nitrogens with one attached hydrogen (secondary N) is 1. The molecule has 2 heterocycles. The van der Waals surface area contributed by atoms with E-state index >= 15 is 0 Å². The zero-order valence-corrected chi connectivity index (χ0v) is 14.6. The van der Waals surface area contributed by atoms with Crippen molar-refractivity contribution in [1.29, 1.82) is 0 Å². The van der Waals surface area contributed by atoms with E-state index in [2.05, 4.69) is 20.4 Å². The molecule has 0 unspecified atom stereocenters. The summed E-state index contributed by atoms with van der Waals surface area (Å²) >= 11 is 6.39. The van der Waals surface area contributed by atoms with Crippen LogP contribution in [0.5, 0.6) is 0 Å². The standard InChI is InChI=1S/C19H16ClN5/c1-12-8-10-15(11-9-12)22-16-17(20)21-13(2)25-19(16)23-18(24-25)14-6-4-3-5-7-14/h3-11,22H,1-2H3. The number of hydrogen-bond donors (Lipinski definition) is 1. The van der Waals surface area contributed by atoms with Crippen LogP contribution >= 0.6 is 11.6 Å². The van der Waals surface area contributed by atoms with Crippen molar-refractivity contribution in [2.75, 3.05) is 5.32 Å². The molecule has 0 aliphatic carbocycles. The number of halogens is 1. The fourth-order valence-corrected chi connectivity index (χ4v) is 2.89. The molecule has 2 aromatic carbocycles. The number of nitrogens with zero attached hydrogens (tertiary/aromatic N) is 4. The van der Waals surface area contributed by atoms with Crippen LogP contribution in [0.4, 0.5) is 11.4 Å². The van der Waals surface area contributed by atoms with Gasteiger partial charge in [0.1, 0.15) is 11.5 Å². The summed E-state index contributed by atoms with van der Waals surface area (Å²) in [6, 6.07) is 17.9. The molecule has 2 aromatic heterocycles. The van der Waals surface area contributed by atoms with Gasteiger partial charge in [-0.2, -0.15) is 4.52 Å². The second-order valence-corrected chi connectivity index (χ2v) is 6.21. The molecular formula is C19H16ClN5. The zero-order valence-electron chi connectivity index (χ0n) is 13.9. The molecule has 0 bridgehead atoms. The van der Waals surface area contributed by atoms with Gasteiger partial charge in [-0.1, -0.05) is 59.6 Å². The third-order valence-corrected chi connectivity index (χ3v) is 4.23. The Morgan fingerprint density at radius 2 is 1.64 bits per heavy atom. The van der Waals surface area contributed by atoms with Crippen LogP contribution < -0.4 is 5.32 Å². The first-order valence-electron chi connectivity index (χ1n) is 7.94. The Kier molecular flexibility index (Phi) is 3.86. The molecule has 0 amide bonds. The van der Waals surface area contributed by atoms with Gasteiger partial charge in [-0.15, -0.1) is 5.10 Å². The summed E-state index contributed by atoms with van der Waals surface area (Å²) in [5, 5.41) is 8.27. The second-order valence-electron chi connectivity index (χ2n) is 5.85. The maximum absolute atomic E-state index is 6.39. The largest absolute Gasteiger partial charge is 0.350 e. The molecule has 4 rings (SSSR count). The third-order valence-electron chi connectivity index (χ3n) is 3.96. The van der Waals surface area contributed by atoms with Crippen LogP contribution in [-0.2, 0) is 0 Å². The van der Waals surface area contributed by atoms with Crippen molar-refractivity contribution in [2.24, 2.45) is 0 Å². The third kappa shape index (κ3) is 2.94. The van der Waals surface area contributed by atoms with E-state index in [0.717, 1.165) is 11.3 Å². The number of hydrogen-bond acceptors (Lipinski definition) is 4. The summed E-state index contributed by atoms with van der Waals surface area (Å²) in [5.41, 5.74) is 4.35. The Morgan fingerprint density at radius 1 is 0.920 bits per heavy atom. The zero-order chi connectivity index (χ0) is 17.4. The van der Waals surface area contributed by atoms with Crippen LogP contribution in [0, 0.1) is 13.8 Å². The van der Waals surface area contributed by atoms with Crippen LogP contribution in [0.3, 0.4) is 0 Å². The highest BCUT2D eigenvalue weighted by molar-refractivity contribution is 6.33. The lowest BCUT2D eigenvalue weighted by Gasteiger charge is -2.10. The van der Waals surface area contributed by atoms with E-state index in [9.17, 15) is 0 Å². The Morgan fingerprint density at radius 3 is 2.36 bits per heavy atom. The molecule has 124 valence electrons. The van der Waals surface area contributed by atoms with E-state index < -0.39 is 0 Å². The average Bonchev–Trinajstić information content (AvgIpc) is 3.07. The highest BCUT2D eigenvalue weighted by Crippen LogP contribution is 2.30. The first-order chi connectivity index (χ1) is 12.1. The van der Waals surface area contributed by atoms with Gasteiger partial charge >= 0.3 is 0 Å². The van der Waals surface area contributed by atoms with Crippen molar-refractivity contribution in [3.63, 3.8) is 0 Å². The molecule has 0 atom stereocenters. The number of aryl methyl sites for hydroxylation is 2. The lowest BCUT2D eigenvalue weighted by atomic mass is 10.2. The lowest BCUT2D eigenvalue weighted by Crippen LogP contribution is -2.03. The van der Waals surface area contributed by atoms with E-state index in [1.807, 2.05) is 68.4 Å². The summed E-state index contributed by atoms with van der Waals surface area (Å²) in [7, 11) is 0. The summed E-state index contributed by atoms with van der Waals surface area (Å²) in [6.07, 6.45) is 0. The van der Waals surface area contributed by atoms with E-state index in [0.29, 0.717) is 28.1 Å². The van der Waals surface area contributed by atoms with Gasteiger partial charge in [0.15, 0.2) is 16.6 Å². The SMILES string of the molecule is Cc1ccc(Nc2c(Cl)nc(C)n3nc(-c4ccccc4)nc23)cc1. The molecule has 0 saturated heterocycles. The van der Waals surface area contributed by atoms with E-state index in [-0.39, 0.29) is 0 Å². The number of aromatic nitrogens is 4. The molecule has 1 N–H and O–H groups in total. The maximum Gasteiger partial charge on any atom is 0.184 e. The Hall–Kier alpha value is -2.92. The van der Waals surface area contributed by atoms with Gasteiger partial charge in [0, 0.05) is 11.3 Å². The highest BCUT2D eigenvalue weighted by atomic mass is 35.5. The van der Waals surface area contributed by atoms with Crippen LogP contribution in [-0.4, -0.2) is 19.6 Å². The fourth-order valence-electron chi connectivity index (χ4n) is 2.64. The minimum absolute atomic E-state index is 0.373. The normalized spacial score (nSPS) is 11.0. The number of anilines is 2. The van der Waals surface area contributed by atoms with Crippen molar-refractivity contribution in [1.82, 2.24) is 19.6 Å². The number of fused-ring (bicyclic) bond motifs is 1. The number of benzene rings is 2. The monoisotopic (exact) mass is 349 g/mol. The minimum atomic E-state index is 0.373. The minimum Gasteiger partial charge on any atom is -0.350 e. The number of rotatable bonds is 3. The predicted octanol–water partition coefficient (Wildman–Crippen LogP) is 4.81. The van der Waals surface area contributed by atoms with Crippen molar-refractivity contribution in [2.45, 2.75) is 13.8 Å². The molecule has 0 radical (unpaired) electrons. The van der Waals surface area contributed by atoms with Gasteiger partial charge < -0.3 is 5.32 Å². The molecule has 0 spiro atoms. The molecule has 0 aliphatic rings. The fraction of sp³-hybridized carbons (Fsp3) is 0.105. The van der Waals surface area contributed by atoms with E-state index in [1.54, 1.807) is 4.52 Å². The van der Waals surface area contributed by atoms with Crippen LogP contribution in [0.25, 0.3) is 17.0 Å². The molecule has 6 heteroatoms. The first kappa shape index (κ1) is 15.6. The Balaban J connectivity index is 1.85. The molecular weight excluding hydrogens is 334 g/mol. The molecule has 0 fully saturated rings. The average molecular weight is 350 g/mol. The summed E-state index contributed by atoms with van der Waals surface area (Å²) in [6.45, 7) is 3.91. The molecule has 4 aromatic rings. The van der Waals surface area contributed by atoms with Gasteiger partial charge in [0.25, 0.3) is 0 Å². The molecule has 5 nitrogen and oxygen atoms in total. The smallest absolute Gasteiger partial charge is 0.184 e. The topological polar surface area (TPSA) is 55.1 Å². The Labute approximate surface area is 150 Å². The molecule has 0 saturated carbocycles. The second kappa shape index (κ2) is 6.18. The van der Waals surface area contributed by atoms with Crippen LogP contribution in [0.1, 0.15) is 11.4 Å². The van der Waals surface area contributed by atoms with Crippen molar-refractivity contribution >= 4 is 28.6 Å². The predicted molar refractivity (Wildman–Crippen MR) is 100 cm³/mol. The highest BCUT2D eigenvalue weighted by Gasteiger charge is 2.16. The van der Waals surface area contributed by atoms with Crippen LogP contribution in [0.15, 0.2) is 54.6 Å². The van der Waals surface area contributed by atoms with Gasteiger partial charge in [-0.05, 0) is 26.0 Å². The van der Waals surface area contributed by atoms with Gasteiger partial charge in [0.05, 0.1) is 0 Å². The maximum atomic E-state index is 6.39. The van der Waals surface area contributed by atoms with E-state index in [1.165, 1.54) is 5.56 Å². The van der Waals surface area contributed by atoms with Gasteiger partial charge in [-0.3, -0.25) is 0 Å².